The number of amides is 3. The lowest BCUT2D eigenvalue weighted by molar-refractivity contribution is -0.131. The fourth-order valence-corrected chi connectivity index (χ4v) is 3.53. The Bertz CT molecular complexity index is 1150. The summed E-state index contributed by atoms with van der Waals surface area (Å²) in [6, 6.07) is 7.78. The van der Waals surface area contributed by atoms with Crippen LogP contribution < -0.4 is 26.6 Å². The molecule has 0 unspecified atom stereocenters. The Morgan fingerprint density at radius 3 is 2.53 bits per heavy atom. The van der Waals surface area contributed by atoms with Gasteiger partial charge in [0.25, 0.3) is 5.91 Å². The van der Waals surface area contributed by atoms with Crippen molar-refractivity contribution in [1.82, 2.24) is 25.5 Å². The lowest BCUT2D eigenvalue weighted by Gasteiger charge is -2.25. The van der Waals surface area contributed by atoms with Crippen molar-refractivity contribution in [2.75, 3.05) is 51.0 Å². The summed E-state index contributed by atoms with van der Waals surface area (Å²) in [4.78, 5) is 49.0. The van der Waals surface area contributed by atoms with Gasteiger partial charge < -0.3 is 31.5 Å². The molecule has 1 aromatic heterocycles. The highest BCUT2D eigenvalue weighted by atomic mass is 16.2. The second kappa shape index (κ2) is 14.7. The Labute approximate surface area is 224 Å². The number of nitrogens with two attached hydrogens (primary N) is 1. The number of nitrogens with zero attached hydrogens (tertiary/aromatic N) is 4. The summed E-state index contributed by atoms with van der Waals surface area (Å²) in [7, 11) is 5.31. The predicted molar refractivity (Wildman–Crippen MR) is 151 cm³/mol. The predicted octanol–water partition coefficient (Wildman–Crippen LogP) is 1.62. The molecule has 11 nitrogen and oxygen atoms in total. The van der Waals surface area contributed by atoms with Crippen LogP contribution in [0.25, 0.3) is 0 Å². The molecule has 11 heteroatoms. The number of anilines is 3. The number of carbonyl (C=O) groups excluding carboxylic acids is 3. The molecule has 206 valence electrons. The first-order valence-electron chi connectivity index (χ1n) is 12.7. The van der Waals surface area contributed by atoms with Crippen LogP contribution >= 0.6 is 0 Å². The molecule has 0 aliphatic carbocycles. The number of hydrogen-bond donors (Lipinski definition) is 4. The third-order valence-electron chi connectivity index (χ3n) is 5.89. The number of primary amides is 1. The van der Waals surface area contributed by atoms with Crippen LogP contribution in [0.15, 0.2) is 36.4 Å². The minimum atomic E-state index is -0.659. The van der Waals surface area contributed by atoms with Gasteiger partial charge in [-0.3, -0.25) is 14.4 Å². The molecule has 3 amide bonds. The second-order valence-corrected chi connectivity index (χ2v) is 9.19. The number of benzene rings is 1. The van der Waals surface area contributed by atoms with Crippen LogP contribution in [0.5, 0.6) is 0 Å². The Morgan fingerprint density at radius 2 is 1.89 bits per heavy atom. The van der Waals surface area contributed by atoms with Gasteiger partial charge in [-0.1, -0.05) is 25.1 Å². The number of hydrogen-bond acceptors (Lipinski definition) is 8. The van der Waals surface area contributed by atoms with Gasteiger partial charge in [-0.2, -0.15) is 0 Å². The van der Waals surface area contributed by atoms with Crippen LogP contribution in [0.1, 0.15) is 42.5 Å². The van der Waals surface area contributed by atoms with E-state index >= 15 is 0 Å². The van der Waals surface area contributed by atoms with Crippen molar-refractivity contribution in [3.63, 3.8) is 0 Å². The van der Waals surface area contributed by atoms with Crippen molar-refractivity contribution >= 4 is 35.0 Å². The molecule has 0 fully saturated rings. The standard InChI is InChI=1S/C27H40N8O3/c1-7-21-27(35(6)18(2)3)33-26(24(32-21)25(28)38)31-20-11-8-10-19(16-20)13-15-30-22(36)17-34(5)23(37)12-9-14-29-4/h8-12,16,18,29H,7,13-15,17H2,1-6H3,(H2,28,38)(H,30,36)(H,31,33)/b12-9+. The second-order valence-electron chi connectivity index (χ2n) is 9.19. The molecule has 0 saturated heterocycles. The summed E-state index contributed by atoms with van der Waals surface area (Å²) in [5.74, 6) is -0.152. The normalized spacial score (nSPS) is 11.0. The van der Waals surface area contributed by atoms with Crippen molar-refractivity contribution in [2.24, 2.45) is 5.73 Å². The summed E-state index contributed by atoms with van der Waals surface area (Å²) >= 11 is 0. The van der Waals surface area contributed by atoms with E-state index in [0.29, 0.717) is 48.9 Å². The molecule has 2 aromatic rings. The number of rotatable bonds is 14. The molecule has 1 aromatic carbocycles. The molecule has 1 heterocycles. The maximum atomic E-state index is 12.3. The van der Waals surface area contributed by atoms with Gasteiger partial charge in [0, 0.05) is 45.0 Å². The number of nitrogens with one attached hydrogen (secondary N) is 3. The van der Waals surface area contributed by atoms with Gasteiger partial charge in [0.2, 0.25) is 11.8 Å². The fraction of sp³-hybridized carbons (Fsp3) is 0.444. The molecular weight excluding hydrogens is 484 g/mol. The third-order valence-corrected chi connectivity index (χ3v) is 5.89. The zero-order valence-corrected chi connectivity index (χ0v) is 23.2. The monoisotopic (exact) mass is 524 g/mol. The molecule has 0 spiro atoms. The van der Waals surface area contributed by atoms with Gasteiger partial charge >= 0.3 is 0 Å². The van der Waals surface area contributed by atoms with Crippen molar-refractivity contribution in [3.05, 3.63) is 53.4 Å². The Kier molecular flexibility index (Phi) is 11.7. The van der Waals surface area contributed by atoms with E-state index < -0.39 is 5.91 Å². The molecule has 0 radical (unpaired) electrons. The molecular formula is C27H40N8O3. The van der Waals surface area contributed by atoms with Crippen LogP contribution in [0.3, 0.4) is 0 Å². The van der Waals surface area contributed by atoms with E-state index in [-0.39, 0.29) is 30.1 Å². The molecule has 0 bridgehead atoms. The zero-order chi connectivity index (χ0) is 28.2. The van der Waals surface area contributed by atoms with Gasteiger partial charge in [-0.25, -0.2) is 9.97 Å². The first-order chi connectivity index (χ1) is 18.1. The van der Waals surface area contributed by atoms with Gasteiger partial charge in [0.05, 0.1) is 12.2 Å². The maximum Gasteiger partial charge on any atom is 0.271 e. The maximum absolute atomic E-state index is 12.3. The first-order valence-corrected chi connectivity index (χ1v) is 12.7. The summed E-state index contributed by atoms with van der Waals surface area (Å²) in [5, 5.41) is 8.95. The zero-order valence-electron chi connectivity index (χ0n) is 23.2. The van der Waals surface area contributed by atoms with Gasteiger partial charge in [0.15, 0.2) is 17.3 Å². The lowest BCUT2D eigenvalue weighted by atomic mass is 10.1. The average molecular weight is 525 g/mol. The molecule has 5 N–H and O–H groups in total. The van der Waals surface area contributed by atoms with E-state index in [4.69, 9.17) is 10.7 Å². The Balaban J connectivity index is 2.07. The first kappa shape index (κ1) is 30.2. The van der Waals surface area contributed by atoms with E-state index in [1.54, 1.807) is 20.2 Å². The molecule has 0 saturated carbocycles. The van der Waals surface area contributed by atoms with Gasteiger partial charge in [-0.15, -0.1) is 0 Å². The Hall–Kier alpha value is -3.99. The van der Waals surface area contributed by atoms with E-state index in [1.807, 2.05) is 43.1 Å². The SMILES string of the molecule is CCc1nc(C(N)=O)c(Nc2cccc(CCNC(=O)CN(C)C(=O)/C=C/CNC)c2)nc1N(C)C(C)C. The fourth-order valence-electron chi connectivity index (χ4n) is 3.53. The van der Waals surface area contributed by atoms with Gasteiger partial charge in [0.1, 0.15) is 0 Å². The highest BCUT2D eigenvalue weighted by molar-refractivity contribution is 5.96. The number of likely N-dealkylation sites (N-methyl/N-ethyl adjacent to an activating group) is 2. The summed E-state index contributed by atoms with van der Waals surface area (Å²) < 4.78 is 0. The highest BCUT2D eigenvalue weighted by Crippen LogP contribution is 2.25. The van der Waals surface area contributed by atoms with Crippen molar-refractivity contribution in [1.29, 1.82) is 0 Å². The summed E-state index contributed by atoms with van der Waals surface area (Å²) in [5.41, 5.74) is 8.08. The molecule has 2 rings (SSSR count). The van der Waals surface area contributed by atoms with E-state index in [0.717, 1.165) is 5.56 Å². The van der Waals surface area contributed by atoms with Crippen molar-refractivity contribution in [2.45, 2.75) is 39.7 Å². The molecule has 38 heavy (non-hydrogen) atoms. The van der Waals surface area contributed by atoms with E-state index in [1.165, 1.54) is 11.0 Å². The number of aryl methyl sites for hydroxylation is 1. The molecule has 0 atom stereocenters. The van der Waals surface area contributed by atoms with Crippen LogP contribution in [-0.2, 0) is 22.4 Å². The average Bonchev–Trinajstić information content (AvgIpc) is 2.88. The van der Waals surface area contributed by atoms with Crippen molar-refractivity contribution in [3.8, 4) is 0 Å². The quantitative estimate of drug-likeness (QED) is 0.273. The molecule has 0 aliphatic heterocycles. The molecule has 0 aliphatic rings. The number of carbonyl (C=O) groups is 3. The van der Waals surface area contributed by atoms with Crippen LogP contribution in [0.2, 0.25) is 0 Å². The smallest absolute Gasteiger partial charge is 0.271 e. The highest BCUT2D eigenvalue weighted by Gasteiger charge is 2.20. The van der Waals surface area contributed by atoms with Crippen LogP contribution in [-0.4, -0.2) is 79.4 Å². The Morgan fingerprint density at radius 1 is 1.16 bits per heavy atom. The lowest BCUT2D eigenvalue weighted by Crippen LogP contribution is -2.38. The number of aromatic nitrogens is 2. The van der Waals surface area contributed by atoms with E-state index in [2.05, 4.69) is 34.8 Å². The van der Waals surface area contributed by atoms with Gasteiger partial charge in [-0.05, 0) is 51.4 Å². The van der Waals surface area contributed by atoms with Crippen molar-refractivity contribution < 1.29 is 14.4 Å². The van der Waals surface area contributed by atoms with E-state index in [9.17, 15) is 14.4 Å². The topological polar surface area (TPSA) is 146 Å². The summed E-state index contributed by atoms with van der Waals surface area (Å²) in [6.07, 6.45) is 4.33. The minimum absolute atomic E-state index is 0.0280. The van der Waals surface area contributed by atoms with Crippen LogP contribution in [0.4, 0.5) is 17.3 Å². The van der Waals surface area contributed by atoms with Crippen LogP contribution in [0, 0.1) is 0 Å². The minimum Gasteiger partial charge on any atom is -0.364 e. The third kappa shape index (κ3) is 8.84. The summed E-state index contributed by atoms with van der Waals surface area (Å²) in [6.45, 7) is 7.02. The largest absolute Gasteiger partial charge is 0.364 e.